The van der Waals surface area contributed by atoms with E-state index >= 15 is 0 Å². The summed E-state index contributed by atoms with van der Waals surface area (Å²) in [5, 5.41) is 44.5. The smallest absolute Gasteiger partial charge is 0.326 e. The van der Waals surface area contributed by atoms with Gasteiger partial charge >= 0.3 is 11.9 Å². The Labute approximate surface area is 246 Å². The van der Waals surface area contributed by atoms with Crippen LogP contribution < -0.4 is 27.4 Å². The van der Waals surface area contributed by atoms with Gasteiger partial charge in [0.25, 0.3) is 0 Å². The SMILES string of the molecule is NC(=O)CCC(NC(=O)C(Cc1ccc(O)cc1)NC(=O)C(N)Cc1ccc(O)cc1)C(=O)NC(CCC(=O)O)C(=O)O. The summed E-state index contributed by atoms with van der Waals surface area (Å²) in [7, 11) is 0. The van der Waals surface area contributed by atoms with Gasteiger partial charge in [-0.25, -0.2) is 4.79 Å². The molecule has 0 aliphatic heterocycles. The molecule has 2 aromatic rings. The van der Waals surface area contributed by atoms with E-state index in [1.54, 1.807) is 12.1 Å². The largest absolute Gasteiger partial charge is 0.508 e. The van der Waals surface area contributed by atoms with Crippen LogP contribution in [0.15, 0.2) is 48.5 Å². The Kier molecular flexibility index (Phi) is 12.9. The van der Waals surface area contributed by atoms with Gasteiger partial charge in [-0.3, -0.25) is 24.0 Å². The van der Waals surface area contributed by atoms with Crippen molar-refractivity contribution in [3.8, 4) is 11.5 Å². The molecule has 43 heavy (non-hydrogen) atoms. The first-order valence-electron chi connectivity index (χ1n) is 13.2. The highest BCUT2D eigenvalue weighted by Gasteiger charge is 2.31. The van der Waals surface area contributed by atoms with Crippen LogP contribution in [0.4, 0.5) is 0 Å². The lowest BCUT2D eigenvalue weighted by molar-refractivity contribution is -0.143. The zero-order valence-corrected chi connectivity index (χ0v) is 23.1. The highest BCUT2D eigenvalue weighted by Crippen LogP contribution is 2.14. The van der Waals surface area contributed by atoms with Crippen molar-refractivity contribution in [1.82, 2.24) is 16.0 Å². The molecule has 0 radical (unpaired) electrons. The zero-order valence-electron chi connectivity index (χ0n) is 23.1. The number of rotatable bonds is 17. The Balaban J connectivity index is 2.25. The fourth-order valence-corrected chi connectivity index (χ4v) is 3.96. The van der Waals surface area contributed by atoms with Gasteiger partial charge in [-0.05, 0) is 54.7 Å². The first-order valence-corrected chi connectivity index (χ1v) is 13.2. The number of carboxylic acids is 2. The molecule has 4 amide bonds. The summed E-state index contributed by atoms with van der Waals surface area (Å²) in [4.78, 5) is 73.3. The minimum Gasteiger partial charge on any atom is -0.508 e. The second-order valence-corrected chi connectivity index (χ2v) is 9.81. The number of benzene rings is 2. The van der Waals surface area contributed by atoms with Gasteiger partial charge in [0.2, 0.25) is 23.6 Å². The number of nitrogens with one attached hydrogen (secondary N) is 3. The standard InChI is InChI=1S/C28H35N5O10/c29-19(13-15-1-5-17(34)6-2-15)25(39)33-22(14-16-3-7-18(35)8-4-16)27(41)31-20(9-11-23(30)36)26(40)32-21(28(42)43)10-12-24(37)38/h1-8,19-22,34-35H,9-14,29H2,(H2,30,36)(H,31,41)(H,32,40)(H,33,39)(H,37,38)(H,42,43). The zero-order chi connectivity index (χ0) is 32.1. The molecule has 0 aromatic heterocycles. The summed E-state index contributed by atoms with van der Waals surface area (Å²) < 4.78 is 0. The lowest BCUT2D eigenvalue weighted by Crippen LogP contribution is -2.58. The highest BCUT2D eigenvalue weighted by atomic mass is 16.4. The minimum atomic E-state index is -1.60. The molecule has 15 heteroatoms. The first-order chi connectivity index (χ1) is 20.2. The Morgan fingerprint density at radius 2 is 1.07 bits per heavy atom. The topological polar surface area (TPSA) is 271 Å². The third-order valence-corrected chi connectivity index (χ3v) is 6.31. The number of carbonyl (C=O) groups excluding carboxylic acids is 4. The molecule has 0 fully saturated rings. The molecular weight excluding hydrogens is 566 g/mol. The molecule has 11 N–H and O–H groups in total. The number of aliphatic carboxylic acids is 2. The quantitative estimate of drug-likeness (QED) is 0.105. The van der Waals surface area contributed by atoms with E-state index in [0.29, 0.717) is 11.1 Å². The maximum absolute atomic E-state index is 13.4. The number of aromatic hydroxyl groups is 2. The monoisotopic (exact) mass is 601 g/mol. The van der Waals surface area contributed by atoms with Gasteiger partial charge in [-0.1, -0.05) is 24.3 Å². The van der Waals surface area contributed by atoms with Gasteiger partial charge in [-0.15, -0.1) is 0 Å². The van der Waals surface area contributed by atoms with Gasteiger partial charge in [0.15, 0.2) is 0 Å². The molecule has 4 unspecified atom stereocenters. The van der Waals surface area contributed by atoms with Crippen LogP contribution >= 0.6 is 0 Å². The van der Waals surface area contributed by atoms with Crippen LogP contribution in [0.5, 0.6) is 11.5 Å². The number of primary amides is 1. The predicted octanol–water partition coefficient (Wildman–Crippen LogP) is -1.12. The molecule has 0 spiro atoms. The van der Waals surface area contributed by atoms with Gasteiger partial charge in [-0.2, -0.15) is 0 Å². The van der Waals surface area contributed by atoms with Gasteiger partial charge in [0, 0.05) is 19.3 Å². The second-order valence-electron chi connectivity index (χ2n) is 9.81. The second kappa shape index (κ2) is 16.3. The summed E-state index contributed by atoms with van der Waals surface area (Å²) in [6.07, 6.45) is -1.72. The van der Waals surface area contributed by atoms with E-state index in [2.05, 4.69) is 16.0 Å². The average Bonchev–Trinajstić information content (AvgIpc) is 2.94. The minimum absolute atomic E-state index is 0.0268. The Morgan fingerprint density at radius 1 is 0.628 bits per heavy atom. The van der Waals surface area contributed by atoms with Crippen LogP contribution in [0.3, 0.4) is 0 Å². The molecule has 0 bridgehead atoms. The summed E-state index contributed by atoms with van der Waals surface area (Å²) in [5.41, 5.74) is 12.4. The molecular formula is C28H35N5O10. The lowest BCUT2D eigenvalue weighted by atomic mass is 10.0. The molecule has 0 heterocycles. The van der Waals surface area contributed by atoms with Crippen LogP contribution in [-0.4, -0.2) is 80.2 Å². The number of hydrogen-bond acceptors (Lipinski definition) is 9. The Morgan fingerprint density at radius 3 is 1.56 bits per heavy atom. The average molecular weight is 602 g/mol. The van der Waals surface area contributed by atoms with Crippen molar-refractivity contribution in [1.29, 1.82) is 0 Å². The van der Waals surface area contributed by atoms with E-state index in [1.807, 2.05) is 0 Å². The number of phenols is 2. The fraction of sp³-hybridized carbons (Fsp3) is 0.357. The number of amides is 4. The summed E-state index contributed by atoms with van der Waals surface area (Å²) in [6.45, 7) is 0. The molecule has 0 aliphatic carbocycles. The van der Waals surface area contributed by atoms with Crippen LogP contribution in [0, 0.1) is 0 Å². The molecule has 2 aromatic carbocycles. The molecule has 232 valence electrons. The Hall–Kier alpha value is -5.18. The van der Waals surface area contributed by atoms with E-state index in [9.17, 15) is 44.1 Å². The van der Waals surface area contributed by atoms with Gasteiger partial charge in [0.1, 0.15) is 29.6 Å². The van der Waals surface area contributed by atoms with Crippen molar-refractivity contribution >= 4 is 35.6 Å². The summed E-state index contributed by atoms with van der Waals surface area (Å²) >= 11 is 0. The molecule has 0 saturated carbocycles. The Bertz CT molecular complexity index is 1300. The van der Waals surface area contributed by atoms with Crippen molar-refractivity contribution in [2.45, 2.75) is 62.7 Å². The van der Waals surface area contributed by atoms with E-state index in [-0.39, 0.29) is 37.2 Å². The van der Waals surface area contributed by atoms with Crippen molar-refractivity contribution in [3.63, 3.8) is 0 Å². The summed E-state index contributed by atoms with van der Waals surface area (Å²) in [5.74, 6) is -6.20. The first kappa shape index (κ1) is 34.0. The third-order valence-electron chi connectivity index (χ3n) is 6.31. The van der Waals surface area contributed by atoms with E-state index < -0.39 is 72.6 Å². The van der Waals surface area contributed by atoms with E-state index in [4.69, 9.17) is 16.6 Å². The third kappa shape index (κ3) is 12.1. The van der Waals surface area contributed by atoms with Crippen LogP contribution in [-0.2, 0) is 41.6 Å². The number of phenolic OH excluding ortho intramolecular Hbond substituents is 2. The summed E-state index contributed by atoms with van der Waals surface area (Å²) in [6, 6.07) is 6.27. The number of nitrogens with two attached hydrogens (primary N) is 2. The van der Waals surface area contributed by atoms with Gasteiger partial charge in [0.05, 0.1) is 6.04 Å². The molecule has 4 atom stereocenters. The predicted molar refractivity (Wildman–Crippen MR) is 150 cm³/mol. The molecule has 2 rings (SSSR count). The number of hydrogen-bond donors (Lipinski definition) is 9. The van der Waals surface area contributed by atoms with Crippen LogP contribution in [0.2, 0.25) is 0 Å². The van der Waals surface area contributed by atoms with Crippen molar-refractivity contribution < 1.29 is 49.2 Å². The van der Waals surface area contributed by atoms with Crippen LogP contribution in [0.25, 0.3) is 0 Å². The highest BCUT2D eigenvalue weighted by molar-refractivity contribution is 5.94. The lowest BCUT2D eigenvalue weighted by Gasteiger charge is -2.25. The molecule has 15 nitrogen and oxygen atoms in total. The fourth-order valence-electron chi connectivity index (χ4n) is 3.96. The van der Waals surface area contributed by atoms with Crippen LogP contribution in [0.1, 0.15) is 36.8 Å². The van der Waals surface area contributed by atoms with Crippen molar-refractivity contribution in [3.05, 3.63) is 59.7 Å². The number of carboxylic acid groups (broad SMARTS) is 2. The molecule has 0 saturated heterocycles. The normalized spacial score (nSPS) is 13.5. The van der Waals surface area contributed by atoms with Crippen molar-refractivity contribution in [2.75, 3.05) is 0 Å². The number of carbonyl (C=O) groups is 6. The maximum Gasteiger partial charge on any atom is 0.326 e. The maximum atomic E-state index is 13.4. The van der Waals surface area contributed by atoms with E-state index in [0.717, 1.165) is 0 Å². The van der Waals surface area contributed by atoms with E-state index in [1.165, 1.54) is 36.4 Å². The van der Waals surface area contributed by atoms with Crippen molar-refractivity contribution in [2.24, 2.45) is 11.5 Å². The van der Waals surface area contributed by atoms with Gasteiger partial charge < -0.3 is 47.8 Å². The molecule has 0 aliphatic rings.